The highest BCUT2D eigenvalue weighted by atomic mass is 79.9. The first-order valence-corrected chi connectivity index (χ1v) is 7.87. The maximum Gasteiger partial charge on any atom is 0.0748 e. The molecule has 94 valence electrons. The molecule has 1 heterocycles. The number of ether oxygens (including phenoxy) is 1. The third-order valence-corrected chi connectivity index (χ3v) is 4.38. The first-order valence-electron chi connectivity index (χ1n) is 5.95. The molecule has 2 rings (SSSR count). The van der Waals surface area contributed by atoms with Crippen LogP contribution in [0, 0.1) is 0 Å². The summed E-state index contributed by atoms with van der Waals surface area (Å²) in [4.78, 5) is 2.40. The number of benzene rings is 1. The van der Waals surface area contributed by atoms with Gasteiger partial charge in [0.15, 0.2) is 0 Å². The van der Waals surface area contributed by atoms with Crippen molar-refractivity contribution in [2.75, 3.05) is 24.6 Å². The predicted molar refractivity (Wildman–Crippen MR) is 79.0 cm³/mol. The summed E-state index contributed by atoms with van der Waals surface area (Å²) < 4.78 is 6.87. The second kappa shape index (κ2) is 6.21. The van der Waals surface area contributed by atoms with E-state index in [-0.39, 0.29) is 0 Å². The molecule has 0 aromatic heterocycles. The lowest BCUT2D eigenvalue weighted by atomic mass is 10.1. The van der Waals surface area contributed by atoms with E-state index in [1.54, 1.807) is 0 Å². The molecule has 1 aromatic rings. The molecule has 0 radical (unpaired) electrons. The number of alkyl halides is 1. The molecule has 1 unspecified atom stereocenters. The van der Waals surface area contributed by atoms with E-state index in [0.29, 0.717) is 6.10 Å². The topological polar surface area (TPSA) is 12.5 Å². The zero-order valence-corrected chi connectivity index (χ0v) is 13.1. The van der Waals surface area contributed by atoms with Crippen molar-refractivity contribution in [1.82, 2.24) is 0 Å². The summed E-state index contributed by atoms with van der Waals surface area (Å²) in [6.45, 7) is 4.97. The van der Waals surface area contributed by atoms with Crippen LogP contribution in [-0.2, 0) is 10.1 Å². The minimum Gasteiger partial charge on any atom is -0.375 e. The third kappa shape index (κ3) is 3.24. The summed E-state index contributed by atoms with van der Waals surface area (Å²) in [6.07, 6.45) is 1.44. The van der Waals surface area contributed by atoms with Crippen molar-refractivity contribution < 1.29 is 4.74 Å². The van der Waals surface area contributed by atoms with Gasteiger partial charge in [0.25, 0.3) is 0 Å². The van der Waals surface area contributed by atoms with Crippen LogP contribution >= 0.6 is 31.9 Å². The standard InChI is InChI=1S/C13H17Br2NO/c1-2-11-9-16(5-6-17-11)13-4-3-10(8-14)7-12(13)15/h3-4,7,11H,2,5-6,8-9H2,1H3. The van der Waals surface area contributed by atoms with Crippen LogP contribution in [0.1, 0.15) is 18.9 Å². The molecular weight excluding hydrogens is 346 g/mol. The molecule has 1 atom stereocenters. The van der Waals surface area contributed by atoms with E-state index in [9.17, 15) is 0 Å². The lowest BCUT2D eigenvalue weighted by Gasteiger charge is -2.34. The van der Waals surface area contributed by atoms with Crippen molar-refractivity contribution in [1.29, 1.82) is 0 Å². The van der Waals surface area contributed by atoms with Crippen molar-refractivity contribution in [3.05, 3.63) is 28.2 Å². The zero-order valence-electron chi connectivity index (χ0n) is 9.96. The second-order valence-corrected chi connectivity index (χ2v) is 5.68. The lowest BCUT2D eigenvalue weighted by molar-refractivity contribution is 0.0384. The molecule has 1 fully saturated rings. The molecular formula is C13H17Br2NO. The molecule has 0 bridgehead atoms. The van der Waals surface area contributed by atoms with Crippen LogP contribution in [0.4, 0.5) is 5.69 Å². The molecule has 0 aliphatic carbocycles. The fraction of sp³-hybridized carbons (Fsp3) is 0.538. The number of hydrogen-bond donors (Lipinski definition) is 0. The van der Waals surface area contributed by atoms with Crippen LogP contribution in [0.15, 0.2) is 22.7 Å². The van der Waals surface area contributed by atoms with E-state index < -0.39 is 0 Å². The van der Waals surface area contributed by atoms with Gasteiger partial charge in [0.2, 0.25) is 0 Å². The van der Waals surface area contributed by atoms with Gasteiger partial charge in [0.1, 0.15) is 0 Å². The third-order valence-electron chi connectivity index (χ3n) is 3.10. The first kappa shape index (κ1) is 13.4. The Morgan fingerprint density at radius 3 is 2.94 bits per heavy atom. The van der Waals surface area contributed by atoms with Gasteiger partial charge in [-0.25, -0.2) is 0 Å². The average molecular weight is 363 g/mol. The molecule has 1 aromatic carbocycles. The SMILES string of the molecule is CCC1CN(c2ccc(CBr)cc2Br)CCO1. The first-order chi connectivity index (χ1) is 8.24. The van der Waals surface area contributed by atoms with E-state index in [2.05, 4.69) is 61.9 Å². The minimum absolute atomic E-state index is 0.367. The molecule has 1 aliphatic heterocycles. The molecule has 0 amide bonds. The van der Waals surface area contributed by atoms with Crippen LogP contribution < -0.4 is 4.90 Å². The second-order valence-electron chi connectivity index (χ2n) is 4.27. The average Bonchev–Trinajstić information content (AvgIpc) is 2.38. The van der Waals surface area contributed by atoms with Gasteiger partial charge >= 0.3 is 0 Å². The van der Waals surface area contributed by atoms with E-state index >= 15 is 0 Å². The summed E-state index contributed by atoms with van der Waals surface area (Å²) in [5.74, 6) is 0. The normalized spacial score (nSPS) is 20.6. The number of halogens is 2. The summed E-state index contributed by atoms with van der Waals surface area (Å²) in [6, 6.07) is 6.55. The van der Waals surface area contributed by atoms with Gasteiger partial charge in [-0.2, -0.15) is 0 Å². The fourth-order valence-corrected chi connectivity index (χ4v) is 3.10. The van der Waals surface area contributed by atoms with E-state index in [0.717, 1.165) is 31.4 Å². The summed E-state index contributed by atoms with van der Waals surface area (Å²) in [5.41, 5.74) is 2.57. The van der Waals surface area contributed by atoms with Gasteiger partial charge in [-0.1, -0.05) is 28.9 Å². The molecule has 0 saturated carbocycles. The maximum atomic E-state index is 5.70. The Morgan fingerprint density at radius 2 is 2.29 bits per heavy atom. The molecule has 4 heteroatoms. The van der Waals surface area contributed by atoms with Crippen LogP contribution in [0.5, 0.6) is 0 Å². The Bertz CT molecular complexity index is 384. The molecule has 2 nitrogen and oxygen atoms in total. The van der Waals surface area contributed by atoms with Crippen LogP contribution in [0.3, 0.4) is 0 Å². The summed E-state index contributed by atoms with van der Waals surface area (Å²) >= 11 is 7.14. The lowest BCUT2D eigenvalue weighted by Crippen LogP contribution is -2.42. The Labute approximate surface area is 120 Å². The minimum atomic E-state index is 0.367. The molecule has 0 spiro atoms. The Hall–Kier alpha value is -0.0600. The Kier molecular flexibility index (Phi) is 4.88. The number of morpholine rings is 1. The van der Waals surface area contributed by atoms with Crippen molar-refractivity contribution in [2.45, 2.75) is 24.8 Å². The maximum absolute atomic E-state index is 5.70. The highest BCUT2D eigenvalue weighted by molar-refractivity contribution is 9.10. The zero-order chi connectivity index (χ0) is 12.3. The Balaban J connectivity index is 2.16. The van der Waals surface area contributed by atoms with Crippen molar-refractivity contribution in [3.63, 3.8) is 0 Å². The number of hydrogen-bond acceptors (Lipinski definition) is 2. The monoisotopic (exact) mass is 361 g/mol. The summed E-state index contributed by atoms with van der Waals surface area (Å²) in [5, 5.41) is 0.895. The van der Waals surface area contributed by atoms with Crippen LogP contribution in [0.2, 0.25) is 0 Å². The number of nitrogens with zero attached hydrogens (tertiary/aromatic N) is 1. The molecule has 1 saturated heterocycles. The Morgan fingerprint density at radius 1 is 1.47 bits per heavy atom. The number of rotatable bonds is 3. The summed E-state index contributed by atoms with van der Waals surface area (Å²) in [7, 11) is 0. The van der Waals surface area contributed by atoms with Crippen molar-refractivity contribution in [3.8, 4) is 0 Å². The predicted octanol–water partition coefficient (Wildman–Crippen LogP) is 3.96. The smallest absolute Gasteiger partial charge is 0.0748 e. The molecule has 0 N–H and O–H groups in total. The van der Waals surface area contributed by atoms with E-state index in [4.69, 9.17) is 4.74 Å². The van der Waals surface area contributed by atoms with Gasteiger partial charge < -0.3 is 9.64 Å². The molecule has 17 heavy (non-hydrogen) atoms. The number of anilines is 1. The van der Waals surface area contributed by atoms with E-state index in [1.165, 1.54) is 15.7 Å². The van der Waals surface area contributed by atoms with Gasteiger partial charge in [-0.3, -0.25) is 0 Å². The van der Waals surface area contributed by atoms with Crippen molar-refractivity contribution >= 4 is 37.5 Å². The van der Waals surface area contributed by atoms with Gasteiger partial charge in [-0.05, 0) is 40.0 Å². The van der Waals surface area contributed by atoms with Crippen LogP contribution in [0.25, 0.3) is 0 Å². The quantitative estimate of drug-likeness (QED) is 0.754. The van der Waals surface area contributed by atoms with E-state index in [1.807, 2.05) is 0 Å². The van der Waals surface area contributed by atoms with Gasteiger partial charge in [-0.15, -0.1) is 0 Å². The molecule has 1 aliphatic rings. The van der Waals surface area contributed by atoms with Gasteiger partial charge in [0, 0.05) is 22.9 Å². The highest BCUT2D eigenvalue weighted by Crippen LogP contribution is 2.29. The van der Waals surface area contributed by atoms with Crippen LogP contribution in [-0.4, -0.2) is 25.8 Å². The van der Waals surface area contributed by atoms with Gasteiger partial charge in [0.05, 0.1) is 18.4 Å². The highest BCUT2D eigenvalue weighted by Gasteiger charge is 2.20. The van der Waals surface area contributed by atoms with Crippen molar-refractivity contribution in [2.24, 2.45) is 0 Å². The largest absolute Gasteiger partial charge is 0.375 e. The fourth-order valence-electron chi connectivity index (χ4n) is 2.08.